The van der Waals surface area contributed by atoms with Gasteiger partial charge in [0.25, 0.3) is 0 Å². The Morgan fingerprint density at radius 2 is 2.19 bits per heavy atom. The summed E-state index contributed by atoms with van der Waals surface area (Å²) in [6.07, 6.45) is 0.371. The average Bonchev–Trinajstić information content (AvgIpc) is 2.58. The third kappa shape index (κ3) is 1.50. The molecule has 0 saturated carbocycles. The fourth-order valence-electron chi connectivity index (χ4n) is 2.32. The van der Waals surface area contributed by atoms with Crippen LogP contribution in [0.1, 0.15) is 19.4 Å². The van der Waals surface area contributed by atoms with Gasteiger partial charge in [0.2, 0.25) is 0 Å². The predicted octanol–water partition coefficient (Wildman–Crippen LogP) is 1.62. The molecule has 1 heterocycles. The van der Waals surface area contributed by atoms with Crippen molar-refractivity contribution in [3.8, 4) is 5.75 Å². The van der Waals surface area contributed by atoms with Crippen molar-refractivity contribution >= 4 is 11.7 Å². The van der Waals surface area contributed by atoms with Crippen molar-refractivity contribution in [1.82, 2.24) is 0 Å². The number of hydrogen-bond donors (Lipinski definition) is 2. The van der Waals surface area contributed by atoms with E-state index >= 15 is 0 Å². The Hall–Kier alpha value is -1.71. The van der Waals surface area contributed by atoms with Gasteiger partial charge >= 0.3 is 5.97 Å². The molecule has 0 aliphatic carbocycles. The maximum absolute atomic E-state index is 11.2. The van der Waals surface area contributed by atoms with Gasteiger partial charge in [-0.15, -0.1) is 0 Å². The van der Waals surface area contributed by atoms with Crippen LogP contribution in [0, 0.1) is 0 Å². The van der Waals surface area contributed by atoms with Gasteiger partial charge in [0.1, 0.15) is 11.8 Å². The zero-order valence-electron chi connectivity index (χ0n) is 9.34. The van der Waals surface area contributed by atoms with Crippen molar-refractivity contribution in [3.63, 3.8) is 0 Å². The maximum Gasteiger partial charge on any atom is 0.326 e. The molecule has 16 heavy (non-hydrogen) atoms. The summed E-state index contributed by atoms with van der Waals surface area (Å²) >= 11 is 0. The highest BCUT2D eigenvalue weighted by molar-refractivity contribution is 5.83. The first kappa shape index (κ1) is 10.8. The number of anilines is 1. The topological polar surface area (TPSA) is 60.8 Å². The number of fused-ring (bicyclic) bond motifs is 1. The Morgan fingerprint density at radius 3 is 2.75 bits per heavy atom. The molecule has 0 saturated heterocycles. The smallest absolute Gasteiger partial charge is 0.326 e. The monoisotopic (exact) mass is 221 g/mol. The molecule has 1 aromatic carbocycles. The molecule has 1 unspecified atom stereocenters. The number of hydrogen-bond acceptors (Lipinski definition) is 3. The third-order valence-corrected chi connectivity index (χ3v) is 2.98. The van der Waals surface area contributed by atoms with E-state index in [1.54, 1.807) is 12.1 Å². The van der Waals surface area contributed by atoms with Gasteiger partial charge in [-0.1, -0.05) is 6.07 Å². The molecule has 0 fully saturated rings. The zero-order valence-corrected chi connectivity index (χ0v) is 9.34. The van der Waals surface area contributed by atoms with Crippen LogP contribution < -0.4 is 4.90 Å². The molecule has 1 atom stereocenters. The maximum atomic E-state index is 11.2. The highest BCUT2D eigenvalue weighted by Crippen LogP contribution is 2.38. The molecular weight excluding hydrogens is 206 g/mol. The summed E-state index contributed by atoms with van der Waals surface area (Å²) in [6, 6.07) is 4.74. The van der Waals surface area contributed by atoms with Crippen LogP contribution in [0.25, 0.3) is 0 Å². The van der Waals surface area contributed by atoms with E-state index in [0.29, 0.717) is 6.42 Å². The second-order valence-electron chi connectivity index (χ2n) is 4.33. The molecule has 0 aromatic heterocycles. The van der Waals surface area contributed by atoms with E-state index in [4.69, 9.17) is 0 Å². The summed E-state index contributed by atoms with van der Waals surface area (Å²) in [5, 5.41) is 18.9. The van der Waals surface area contributed by atoms with E-state index in [-0.39, 0.29) is 11.8 Å². The van der Waals surface area contributed by atoms with E-state index in [2.05, 4.69) is 0 Å². The summed E-state index contributed by atoms with van der Waals surface area (Å²) in [4.78, 5) is 13.0. The molecule has 0 spiro atoms. The fraction of sp³-hybridized carbons (Fsp3) is 0.417. The fourth-order valence-corrected chi connectivity index (χ4v) is 2.32. The summed E-state index contributed by atoms with van der Waals surface area (Å²) in [7, 11) is 0. The van der Waals surface area contributed by atoms with E-state index in [0.717, 1.165) is 11.3 Å². The van der Waals surface area contributed by atoms with E-state index in [1.807, 2.05) is 24.8 Å². The van der Waals surface area contributed by atoms with Crippen molar-refractivity contribution in [2.24, 2.45) is 0 Å². The Bertz CT molecular complexity index is 428. The van der Waals surface area contributed by atoms with E-state index in [1.165, 1.54) is 0 Å². The first-order valence-electron chi connectivity index (χ1n) is 5.34. The summed E-state index contributed by atoms with van der Waals surface area (Å²) in [5.41, 5.74) is 1.58. The molecule has 1 aliphatic rings. The van der Waals surface area contributed by atoms with Crippen LogP contribution in [0.3, 0.4) is 0 Å². The van der Waals surface area contributed by atoms with Crippen molar-refractivity contribution < 1.29 is 15.0 Å². The lowest BCUT2D eigenvalue weighted by Gasteiger charge is -2.28. The van der Waals surface area contributed by atoms with Crippen LogP contribution in [0.15, 0.2) is 18.2 Å². The third-order valence-electron chi connectivity index (χ3n) is 2.98. The number of phenols is 1. The second kappa shape index (κ2) is 3.70. The normalized spacial score (nSPS) is 18.9. The van der Waals surface area contributed by atoms with Crippen LogP contribution >= 0.6 is 0 Å². The summed E-state index contributed by atoms with van der Waals surface area (Å²) < 4.78 is 0. The van der Waals surface area contributed by atoms with Crippen molar-refractivity contribution in [2.45, 2.75) is 32.4 Å². The Balaban J connectivity index is 2.49. The molecule has 1 aliphatic heterocycles. The van der Waals surface area contributed by atoms with Crippen molar-refractivity contribution in [1.29, 1.82) is 0 Å². The molecule has 86 valence electrons. The lowest BCUT2D eigenvalue weighted by Crippen LogP contribution is -2.42. The molecule has 4 heteroatoms. The summed E-state index contributed by atoms with van der Waals surface area (Å²) in [6.45, 7) is 3.91. The van der Waals surface area contributed by atoms with Gasteiger partial charge in [0.15, 0.2) is 0 Å². The highest BCUT2D eigenvalue weighted by Gasteiger charge is 2.37. The summed E-state index contributed by atoms with van der Waals surface area (Å²) in [5.74, 6) is -0.656. The number of rotatable bonds is 2. The molecule has 4 nitrogen and oxygen atoms in total. The van der Waals surface area contributed by atoms with Crippen LogP contribution in [0.2, 0.25) is 0 Å². The first-order valence-corrected chi connectivity index (χ1v) is 5.34. The first-order chi connectivity index (χ1) is 7.52. The van der Waals surface area contributed by atoms with Gasteiger partial charge in [-0.05, 0) is 26.0 Å². The van der Waals surface area contributed by atoms with E-state index < -0.39 is 12.0 Å². The lowest BCUT2D eigenvalue weighted by atomic mass is 10.1. The average molecular weight is 221 g/mol. The molecule has 2 N–H and O–H groups in total. The minimum atomic E-state index is -0.843. The van der Waals surface area contributed by atoms with Crippen molar-refractivity contribution in [2.75, 3.05) is 4.90 Å². The quantitative estimate of drug-likeness (QED) is 0.796. The Morgan fingerprint density at radius 1 is 1.50 bits per heavy atom. The van der Waals surface area contributed by atoms with Crippen LogP contribution in [-0.4, -0.2) is 28.3 Å². The van der Waals surface area contributed by atoms with Crippen LogP contribution in [0.5, 0.6) is 5.75 Å². The number of aromatic hydroxyl groups is 1. The van der Waals surface area contributed by atoms with Gasteiger partial charge in [0, 0.05) is 23.7 Å². The second-order valence-corrected chi connectivity index (χ2v) is 4.33. The number of carboxylic acid groups (broad SMARTS) is 1. The standard InChI is InChI=1S/C12H15NO3/c1-7(2)13-9-4-3-5-11(14)8(9)6-10(13)12(15)16/h3-5,7,10,14H,6H2,1-2H3,(H,15,16). The number of aliphatic carboxylic acids is 1. The number of benzene rings is 1. The van der Waals surface area contributed by atoms with Gasteiger partial charge in [-0.3, -0.25) is 0 Å². The largest absolute Gasteiger partial charge is 0.508 e. The molecule has 0 amide bonds. The van der Waals surface area contributed by atoms with Crippen LogP contribution in [-0.2, 0) is 11.2 Å². The van der Waals surface area contributed by atoms with Crippen molar-refractivity contribution in [3.05, 3.63) is 23.8 Å². The molecule has 2 rings (SSSR count). The molecule has 0 radical (unpaired) electrons. The zero-order chi connectivity index (χ0) is 11.9. The van der Waals surface area contributed by atoms with Gasteiger partial charge in [-0.2, -0.15) is 0 Å². The molecule has 0 bridgehead atoms. The highest BCUT2D eigenvalue weighted by atomic mass is 16.4. The minimum Gasteiger partial charge on any atom is -0.508 e. The number of nitrogens with zero attached hydrogens (tertiary/aromatic N) is 1. The SMILES string of the molecule is CC(C)N1c2cccc(O)c2CC1C(=O)O. The lowest BCUT2D eigenvalue weighted by molar-refractivity contribution is -0.138. The minimum absolute atomic E-state index is 0.101. The number of carboxylic acids is 1. The Labute approximate surface area is 94.1 Å². The van der Waals surface area contributed by atoms with E-state index in [9.17, 15) is 15.0 Å². The number of phenolic OH excluding ortho intramolecular Hbond substituents is 1. The van der Waals surface area contributed by atoms with Gasteiger partial charge in [-0.25, -0.2) is 4.79 Å². The number of carbonyl (C=O) groups is 1. The predicted molar refractivity (Wildman–Crippen MR) is 60.8 cm³/mol. The van der Waals surface area contributed by atoms with Gasteiger partial charge < -0.3 is 15.1 Å². The van der Waals surface area contributed by atoms with Crippen LogP contribution in [0.4, 0.5) is 5.69 Å². The Kier molecular flexibility index (Phi) is 2.50. The van der Waals surface area contributed by atoms with Gasteiger partial charge in [0.05, 0.1) is 0 Å². The molecular formula is C12H15NO3. The molecule has 1 aromatic rings.